The van der Waals surface area contributed by atoms with Crippen LogP contribution in [0.25, 0.3) is 0 Å². The topological polar surface area (TPSA) is 86.7 Å². The number of aliphatic carboxylic acids is 1. The molecule has 0 bridgehead atoms. The quantitative estimate of drug-likeness (QED) is 0.846. The van der Waals surface area contributed by atoms with E-state index in [4.69, 9.17) is 5.11 Å². The van der Waals surface area contributed by atoms with Crippen molar-refractivity contribution in [3.63, 3.8) is 0 Å². The Balaban J connectivity index is 1.32. The monoisotopic (exact) mass is 342 g/mol. The van der Waals surface area contributed by atoms with Gasteiger partial charge in [-0.15, -0.1) is 0 Å². The highest BCUT2D eigenvalue weighted by molar-refractivity contribution is 5.88. The van der Waals surface area contributed by atoms with Crippen LogP contribution in [-0.4, -0.2) is 46.4 Å². The Morgan fingerprint density at radius 2 is 1.84 bits per heavy atom. The lowest BCUT2D eigenvalue weighted by molar-refractivity contribution is -0.152. The van der Waals surface area contributed by atoms with Gasteiger partial charge in [0, 0.05) is 24.9 Å². The molecule has 25 heavy (non-hydrogen) atoms. The summed E-state index contributed by atoms with van der Waals surface area (Å²) >= 11 is 0. The Labute approximate surface area is 146 Å². The van der Waals surface area contributed by atoms with Gasteiger partial charge in [0.25, 0.3) is 0 Å². The number of carboxylic acid groups (broad SMARTS) is 1. The van der Waals surface area contributed by atoms with Crippen LogP contribution in [0, 0.1) is 11.8 Å². The second kappa shape index (κ2) is 6.17. The lowest BCUT2D eigenvalue weighted by atomic mass is 9.73. The number of carbonyl (C=O) groups is 3. The Kier molecular flexibility index (Phi) is 3.98. The SMILES string of the molecule is O=C(O)C1CCC1C(=O)NC1CC(=O)N(C2CC2c2ccccc2)C1. The van der Waals surface area contributed by atoms with Gasteiger partial charge in [0.05, 0.1) is 17.9 Å². The lowest BCUT2D eigenvalue weighted by Crippen LogP contribution is -2.48. The van der Waals surface area contributed by atoms with E-state index in [2.05, 4.69) is 17.4 Å². The van der Waals surface area contributed by atoms with E-state index < -0.39 is 17.8 Å². The van der Waals surface area contributed by atoms with Crippen molar-refractivity contribution in [1.29, 1.82) is 0 Å². The van der Waals surface area contributed by atoms with E-state index in [-0.39, 0.29) is 23.9 Å². The fourth-order valence-electron chi connectivity index (χ4n) is 4.15. The summed E-state index contributed by atoms with van der Waals surface area (Å²) in [5, 5.41) is 12.0. The summed E-state index contributed by atoms with van der Waals surface area (Å²) in [4.78, 5) is 37.6. The van der Waals surface area contributed by atoms with E-state index in [1.807, 2.05) is 23.1 Å². The summed E-state index contributed by atoms with van der Waals surface area (Å²) in [5.74, 6) is -1.66. The van der Waals surface area contributed by atoms with Gasteiger partial charge in [-0.3, -0.25) is 14.4 Å². The van der Waals surface area contributed by atoms with Crippen LogP contribution in [0.2, 0.25) is 0 Å². The van der Waals surface area contributed by atoms with E-state index in [1.165, 1.54) is 5.56 Å². The predicted octanol–water partition coefficient (Wildman–Crippen LogP) is 1.37. The molecule has 0 aromatic heterocycles. The highest BCUT2D eigenvalue weighted by Crippen LogP contribution is 2.46. The fourth-order valence-corrected chi connectivity index (χ4v) is 4.15. The molecule has 1 aromatic carbocycles. The summed E-state index contributed by atoms with van der Waals surface area (Å²) in [5.41, 5.74) is 1.26. The summed E-state index contributed by atoms with van der Waals surface area (Å²) in [7, 11) is 0. The van der Waals surface area contributed by atoms with Crippen LogP contribution in [0.1, 0.15) is 37.2 Å². The number of hydrogen-bond donors (Lipinski definition) is 2. The molecule has 1 saturated heterocycles. The number of hydrogen-bond acceptors (Lipinski definition) is 3. The molecule has 2 amide bonds. The number of amides is 2. The van der Waals surface area contributed by atoms with Crippen LogP contribution in [0.3, 0.4) is 0 Å². The van der Waals surface area contributed by atoms with Crippen molar-refractivity contribution < 1.29 is 19.5 Å². The number of rotatable bonds is 5. The zero-order chi connectivity index (χ0) is 17.6. The van der Waals surface area contributed by atoms with Crippen molar-refractivity contribution in [3.05, 3.63) is 35.9 Å². The van der Waals surface area contributed by atoms with Gasteiger partial charge in [0.1, 0.15) is 0 Å². The van der Waals surface area contributed by atoms with Gasteiger partial charge in [0.2, 0.25) is 11.8 Å². The molecule has 5 unspecified atom stereocenters. The smallest absolute Gasteiger partial charge is 0.307 e. The largest absolute Gasteiger partial charge is 0.481 e. The van der Waals surface area contributed by atoms with E-state index >= 15 is 0 Å². The highest BCUT2D eigenvalue weighted by Gasteiger charge is 2.49. The summed E-state index contributed by atoms with van der Waals surface area (Å²) < 4.78 is 0. The van der Waals surface area contributed by atoms with Crippen LogP contribution >= 0.6 is 0 Å². The van der Waals surface area contributed by atoms with Crippen LogP contribution < -0.4 is 5.32 Å². The van der Waals surface area contributed by atoms with Gasteiger partial charge < -0.3 is 15.3 Å². The number of nitrogens with one attached hydrogen (secondary N) is 1. The van der Waals surface area contributed by atoms with Crippen molar-refractivity contribution >= 4 is 17.8 Å². The summed E-state index contributed by atoms with van der Waals surface area (Å²) in [6.45, 7) is 0.531. The third kappa shape index (κ3) is 3.01. The Morgan fingerprint density at radius 3 is 2.48 bits per heavy atom. The molecule has 1 aromatic rings. The third-order valence-corrected chi connectivity index (χ3v) is 5.82. The van der Waals surface area contributed by atoms with Crippen LogP contribution in [0.4, 0.5) is 0 Å². The van der Waals surface area contributed by atoms with Gasteiger partial charge in [0.15, 0.2) is 0 Å². The molecule has 3 fully saturated rings. The van der Waals surface area contributed by atoms with Crippen LogP contribution in [-0.2, 0) is 14.4 Å². The van der Waals surface area contributed by atoms with Crippen molar-refractivity contribution in [2.24, 2.45) is 11.8 Å². The first-order valence-electron chi connectivity index (χ1n) is 8.92. The predicted molar refractivity (Wildman–Crippen MR) is 89.7 cm³/mol. The highest BCUT2D eigenvalue weighted by atomic mass is 16.4. The molecule has 2 N–H and O–H groups in total. The second-order valence-electron chi connectivity index (χ2n) is 7.40. The van der Waals surface area contributed by atoms with E-state index in [9.17, 15) is 14.4 Å². The Bertz CT molecular complexity index is 705. The lowest BCUT2D eigenvalue weighted by Gasteiger charge is -2.32. The number of benzene rings is 1. The van der Waals surface area contributed by atoms with Gasteiger partial charge in [-0.1, -0.05) is 30.3 Å². The molecule has 5 atom stereocenters. The number of carbonyl (C=O) groups excluding carboxylic acids is 2. The minimum Gasteiger partial charge on any atom is -0.481 e. The Hall–Kier alpha value is -2.37. The molecule has 0 radical (unpaired) electrons. The first-order chi connectivity index (χ1) is 12.0. The molecule has 1 aliphatic heterocycles. The maximum Gasteiger partial charge on any atom is 0.307 e. The molecule has 1 heterocycles. The van der Waals surface area contributed by atoms with Gasteiger partial charge in [-0.25, -0.2) is 0 Å². The number of likely N-dealkylation sites (tertiary alicyclic amines) is 1. The molecular formula is C19H22N2O4. The van der Waals surface area contributed by atoms with E-state index in [0.717, 1.165) is 6.42 Å². The maximum absolute atomic E-state index is 12.3. The zero-order valence-corrected chi connectivity index (χ0v) is 13.9. The minimum absolute atomic E-state index is 0.0807. The van der Waals surface area contributed by atoms with E-state index in [1.54, 1.807) is 0 Å². The molecule has 6 nitrogen and oxygen atoms in total. The molecule has 2 aliphatic carbocycles. The normalized spacial score (nSPS) is 33.7. The van der Waals surface area contributed by atoms with Crippen molar-refractivity contribution in [2.75, 3.05) is 6.54 Å². The zero-order valence-electron chi connectivity index (χ0n) is 13.9. The standard InChI is InChI=1S/C19H22N2O4/c22-17-8-12(20-18(23)13-6-7-14(13)19(24)25)10-21(17)16-9-15(16)11-4-2-1-3-5-11/h1-5,12-16H,6-10H2,(H,20,23)(H,24,25). The molecule has 4 rings (SSSR count). The molecule has 2 saturated carbocycles. The maximum atomic E-state index is 12.3. The average Bonchev–Trinajstić information content (AvgIpc) is 3.24. The van der Waals surface area contributed by atoms with Crippen LogP contribution in [0.15, 0.2) is 30.3 Å². The summed E-state index contributed by atoms with van der Waals surface area (Å²) in [6, 6.07) is 10.2. The average molecular weight is 342 g/mol. The second-order valence-corrected chi connectivity index (χ2v) is 7.40. The summed E-state index contributed by atoms with van der Waals surface area (Å²) in [6.07, 6.45) is 2.46. The van der Waals surface area contributed by atoms with Gasteiger partial charge >= 0.3 is 5.97 Å². The molecule has 132 valence electrons. The first kappa shape index (κ1) is 16.1. The Morgan fingerprint density at radius 1 is 1.12 bits per heavy atom. The van der Waals surface area contributed by atoms with Gasteiger partial charge in [-0.05, 0) is 24.8 Å². The fraction of sp³-hybridized carbons (Fsp3) is 0.526. The minimum atomic E-state index is -0.904. The van der Waals surface area contributed by atoms with Crippen molar-refractivity contribution in [2.45, 2.75) is 43.7 Å². The van der Waals surface area contributed by atoms with Crippen molar-refractivity contribution in [3.8, 4) is 0 Å². The van der Waals surface area contributed by atoms with E-state index in [0.29, 0.717) is 31.7 Å². The van der Waals surface area contributed by atoms with Gasteiger partial charge in [-0.2, -0.15) is 0 Å². The molecule has 0 spiro atoms. The van der Waals surface area contributed by atoms with Crippen LogP contribution in [0.5, 0.6) is 0 Å². The third-order valence-electron chi connectivity index (χ3n) is 5.82. The molecule has 3 aliphatic rings. The number of carboxylic acids is 1. The number of nitrogens with zero attached hydrogens (tertiary/aromatic N) is 1. The van der Waals surface area contributed by atoms with Crippen molar-refractivity contribution in [1.82, 2.24) is 10.2 Å². The molecular weight excluding hydrogens is 320 g/mol. The first-order valence-corrected chi connectivity index (χ1v) is 8.92. The molecule has 6 heteroatoms.